The molecule has 2 amide bonds. The number of amides is 2. The lowest BCUT2D eigenvalue weighted by Gasteiger charge is -2.22. The van der Waals surface area contributed by atoms with Crippen LogP contribution in [0, 0.1) is 0 Å². The minimum atomic E-state index is -0.165. The van der Waals surface area contributed by atoms with Crippen LogP contribution in [0.25, 0.3) is 0 Å². The number of furan rings is 1. The van der Waals surface area contributed by atoms with Gasteiger partial charge in [0.1, 0.15) is 5.76 Å². The van der Waals surface area contributed by atoms with Gasteiger partial charge >= 0.3 is 0 Å². The van der Waals surface area contributed by atoms with Gasteiger partial charge < -0.3 is 14.6 Å². The fourth-order valence-corrected chi connectivity index (χ4v) is 4.45. The van der Waals surface area contributed by atoms with Crippen LogP contribution in [0.2, 0.25) is 0 Å². The quantitative estimate of drug-likeness (QED) is 0.652. The van der Waals surface area contributed by atoms with E-state index in [0.717, 1.165) is 21.2 Å². The Hall–Kier alpha value is -2.99. The van der Waals surface area contributed by atoms with E-state index in [9.17, 15) is 9.59 Å². The average molecular weight is 407 g/mol. The molecule has 0 fully saturated rings. The Morgan fingerprint density at radius 3 is 2.72 bits per heavy atom. The molecular formula is C23H22N2O3S. The van der Waals surface area contributed by atoms with E-state index in [2.05, 4.69) is 5.32 Å². The second kappa shape index (κ2) is 8.17. The highest BCUT2D eigenvalue weighted by Crippen LogP contribution is 2.41. The van der Waals surface area contributed by atoms with Crippen molar-refractivity contribution in [3.63, 3.8) is 0 Å². The lowest BCUT2D eigenvalue weighted by Crippen LogP contribution is -2.31. The zero-order valence-electron chi connectivity index (χ0n) is 16.3. The van der Waals surface area contributed by atoms with Gasteiger partial charge in [-0.05, 0) is 49.4 Å². The molecule has 4 rings (SSSR count). The largest absolute Gasteiger partial charge is 0.469 e. The Labute approximate surface area is 174 Å². The molecule has 1 unspecified atom stereocenters. The smallest absolute Gasteiger partial charge is 0.259 e. The third-order valence-electron chi connectivity index (χ3n) is 5.01. The Kier molecular flexibility index (Phi) is 5.45. The highest BCUT2D eigenvalue weighted by Gasteiger charge is 2.27. The minimum Gasteiger partial charge on any atom is -0.469 e. The second-order valence-electron chi connectivity index (χ2n) is 6.96. The fraction of sp³-hybridized carbons (Fsp3) is 0.217. The summed E-state index contributed by atoms with van der Waals surface area (Å²) in [6, 6.07) is 16.9. The SMILES string of the molecule is CCN1C(=O)c2ccccc2Sc2ccc(C(=O)NCC(C)c3ccco3)cc21. The minimum absolute atomic E-state index is 0.0432. The Bertz CT molecular complexity index is 1050. The summed E-state index contributed by atoms with van der Waals surface area (Å²) in [5, 5.41) is 2.96. The van der Waals surface area contributed by atoms with Crippen molar-refractivity contribution in [2.75, 3.05) is 18.0 Å². The Morgan fingerprint density at radius 2 is 1.97 bits per heavy atom. The molecule has 0 aliphatic carbocycles. The molecule has 1 N–H and O–H groups in total. The third-order valence-corrected chi connectivity index (χ3v) is 6.15. The third kappa shape index (κ3) is 3.80. The number of benzene rings is 2. The molecule has 1 atom stereocenters. The van der Waals surface area contributed by atoms with Gasteiger partial charge in [-0.15, -0.1) is 0 Å². The predicted molar refractivity (Wildman–Crippen MR) is 114 cm³/mol. The average Bonchev–Trinajstić information content (AvgIpc) is 3.25. The topological polar surface area (TPSA) is 62.6 Å². The van der Waals surface area contributed by atoms with Crippen LogP contribution in [-0.2, 0) is 0 Å². The van der Waals surface area contributed by atoms with Crippen molar-refractivity contribution >= 4 is 29.3 Å². The molecule has 3 aromatic rings. The highest BCUT2D eigenvalue weighted by atomic mass is 32.2. The maximum Gasteiger partial charge on any atom is 0.259 e. The lowest BCUT2D eigenvalue weighted by molar-refractivity contribution is 0.0947. The van der Waals surface area contributed by atoms with Crippen LogP contribution in [-0.4, -0.2) is 24.9 Å². The molecule has 0 saturated carbocycles. The van der Waals surface area contributed by atoms with Crippen molar-refractivity contribution < 1.29 is 14.0 Å². The van der Waals surface area contributed by atoms with Crippen LogP contribution in [0.15, 0.2) is 75.1 Å². The van der Waals surface area contributed by atoms with E-state index in [0.29, 0.717) is 24.2 Å². The molecule has 0 radical (unpaired) electrons. The summed E-state index contributed by atoms with van der Waals surface area (Å²) in [4.78, 5) is 29.4. The number of nitrogens with one attached hydrogen (secondary N) is 1. The molecule has 5 nitrogen and oxygen atoms in total. The molecule has 2 heterocycles. The molecule has 0 saturated heterocycles. The normalized spacial score (nSPS) is 14.0. The van der Waals surface area contributed by atoms with Crippen LogP contribution in [0.3, 0.4) is 0 Å². The predicted octanol–water partition coefficient (Wildman–Crippen LogP) is 4.94. The fourth-order valence-electron chi connectivity index (χ4n) is 3.40. The molecule has 148 valence electrons. The van der Waals surface area contributed by atoms with E-state index in [1.165, 1.54) is 0 Å². The molecule has 2 aromatic carbocycles. The van der Waals surface area contributed by atoms with Gasteiger partial charge in [0.25, 0.3) is 11.8 Å². The Balaban J connectivity index is 1.58. The van der Waals surface area contributed by atoms with Crippen LogP contribution < -0.4 is 10.2 Å². The molecule has 0 spiro atoms. The molecular weight excluding hydrogens is 384 g/mol. The van der Waals surface area contributed by atoms with Gasteiger partial charge in [0.05, 0.1) is 17.5 Å². The van der Waals surface area contributed by atoms with Crippen LogP contribution in [0.4, 0.5) is 5.69 Å². The van der Waals surface area contributed by atoms with E-state index in [-0.39, 0.29) is 17.7 Å². The summed E-state index contributed by atoms with van der Waals surface area (Å²) in [7, 11) is 0. The molecule has 1 aliphatic heterocycles. The summed E-state index contributed by atoms with van der Waals surface area (Å²) in [6.45, 7) is 4.95. The van der Waals surface area contributed by atoms with Gasteiger partial charge in [0.2, 0.25) is 0 Å². The van der Waals surface area contributed by atoms with Crippen molar-refractivity contribution in [1.82, 2.24) is 5.32 Å². The van der Waals surface area contributed by atoms with Gasteiger partial charge in [0.15, 0.2) is 0 Å². The lowest BCUT2D eigenvalue weighted by atomic mass is 10.1. The van der Waals surface area contributed by atoms with Crippen LogP contribution >= 0.6 is 11.8 Å². The molecule has 1 aliphatic rings. The first kappa shape index (κ1) is 19.3. The van der Waals surface area contributed by atoms with E-state index < -0.39 is 0 Å². The van der Waals surface area contributed by atoms with Crippen LogP contribution in [0.5, 0.6) is 0 Å². The first-order valence-corrected chi connectivity index (χ1v) is 10.4. The highest BCUT2D eigenvalue weighted by molar-refractivity contribution is 7.99. The van der Waals surface area contributed by atoms with Gasteiger partial charge in [-0.3, -0.25) is 9.59 Å². The van der Waals surface area contributed by atoms with Gasteiger partial charge in [-0.1, -0.05) is 30.8 Å². The summed E-state index contributed by atoms with van der Waals surface area (Å²) >= 11 is 1.56. The zero-order valence-corrected chi connectivity index (χ0v) is 17.2. The van der Waals surface area contributed by atoms with E-state index >= 15 is 0 Å². The first-order valence-electron chi connectivity index (χ1n) is 9.63. The van der Waals surface area contributed by atoms with Gasteiger partial charge in [0, 0.05) is 34.4 Å². The molecule has 29 heavy (non-hydrogen) atoms. The van der Waals surface area contributed by atoms with Crippen LogP contribution in [0.1, 0.15) is 46.2 Å². The van der Waals surface area contributed by atoms with E-state index in [1.54, 1.807) is 22.9 Å². The molecule has 0 bridgehead atoms. The monoisotopic (exact) mass is 406 g/mol. The number of nitrogens with zero attached hydrogens (tertiary/aromatic N) is 1. The maximum absolute atomic E-state index is 13.1. The maximum atomic E-state index is 13.1. The van der Waals surface area contributed by atoms with E-state index in [1.807, 2.05) is 68.4 Å². The molecule has 1 aromatic heterocycles. The standard InChI is InChI=1S/C23H22N2O3S/c1-3-25-18-13-16(22(26)24-14-15(2)19-8-6-12-28-19)10-11-21(18)29-20-9-5-4-7-17(20)23(25)27/h4-13,15H,3,14H2,1-2H3,(H,24,26). The summed E-state index contributed by atoms with van der Waals surface area (Å²) < 4.78 is 5.39. The zero-order chi connectivity index (χ0) is 20.4. The number of carbonyl (C=O) groups excluding carboxylic acids is 2. The van der Waals surface area contributed by atoms with Crippen molar-refractivity contribution in [2.45, 2.75) is 29.6 Å². The number of rotatable bonds is 5. The van der Waals surface area contributed by atoms with Crippen molar-refractivity contribution in [2.24, 2.45) is 0 Å². The van der Waals surface area contributed by atoms with Gasteiger partial charge in [-0.2, -0.15) is 0 Å². The second-order valence-corrected chi connectivity index (χ2v) is 8.04. The van der Waals surface area contributed by atoms with Crippen molar-refractivity contribution in [1.29, 1.82) is 0 Å². The number of hydrogen-bond donors (Lipinski definition) is 1. The van der Waals surface area contributed by atoms with Crippen molar-refractivity contribution in [3.8, 4) is 0 Å². The number of anilines is 1. The van der Waals surface area contributed by atoms with E-state index in [4.69, 9.17) is 4.42 Å². The first-order chi connectivity index (χ1) is 14.1. The Morgan fingerprint density at radius 1 is 1.14 bits per heavy atom. The summed E-state index contributed by atoms with van der Waals surface area (Å²) in [5.41, 5.74) is 1.99. The number of hydrogen-bond acceptors (Lipinski definition) is 4. The van der Waals surface area contributed by atoms with Gasteiger partial charge in [-0.25, -0.2) is 0 Å². The summed E-state index contributed by atoms with van der Waals surface area (Å²) in [5.74, 6) is 0.706. The number of carbonyl (C=O) groups is 2. The number of fused-ring (bicyclic) bond motifs is 2. The summed E-state index contributed by atoms with van der Waals surface area (Å²) in [6.07, 6.45) is 1.63. The van der Waals surface area contributed by atoms with Crippen molar-refractivity contribution in [3.05, 3.63) is 77.7 Å². The molecule has 6 heteroatoms.